The minimum absolute atomic E-state index is 0.195. The van der Waals surface area contributed by atoms with Gasteiger partial charge in [-0.25, -0.2) is 0 Å². The van der Waals surface area contributed by atoms with E-state index in [1.54, 1.807) is 0 Å². The first-order chi connectivity index (χ1) is 9.06. The van der Waals surface area contributed by atoms with Crippen LogP contribution in [-0.4, -0.2) is 54.1 Å². The fourth-order valence-electron chi connectivity index (χ4n) is 2.94. The third-order valence-corrected chi connectivity index (χ3v) is 4.06. The van der Waals surface area contributed by atoms with Crippen molar-refractivity contribution in [3.05, 3.63) is 17.0 Å². The van der Waals surface area contributed by atoms with Gasteiger partial charge in [0.2, 0.25) is 0 Å². The van der Waals surface area contributed by atoms with Crippen LogP contribution in [0.5, 0.6) is 0 Å². The highest BCUT2D eigenvalue weighted by Crippen LogP contribution is 2.32. The molecule has 0 aliphatic carbocycles. The quantitative estimate of drug-likeness (QED) is 0.883. The molecule has 0 bridgehead atoms. The largest absolute Gasteiger partial charge is 0.374 e. The van der Waals surface area contributed by atoms with Gasteiger partial charge >= 0.3 is 0 Å². The number of morpholine rings is 1. The Morgan fingerprint density at radius 3 is 2.68 bits per heavy atom. The maximum absolute atomic E-state index is 6.00. The molecule has 1 N–H and O–H groups in total. The Morgan fingerprint density at radius 2 is 2.11 bits per heavy atom. The highest BCUT2D eigenvalue weighted by Gasteiger charge is 2.34. The zero-order chi connectivity index (χ0) is 14.0. The molecule has 0 amide bonds. The first-order valence-corrected chi connectivity index (χ1v) is 7.08. The number of hydrogen-bond donors (Lipinski definition) is 1. The summed E-state index contributed by atoms with van der Waals surface area (Å²) < 4.78 is 7.97. The lowest BCUT2D eigenvalue weighted by Crippen LogP contribution is -2.47. The van der Waals surface area contributed by atoms with Gasteiger partial charge in [0.15, 0.2) is 0 Å². The molecule has 108 valence electrons. The van der Waals surface area contributed by atoms with Crippen molar-refractivity contribution in [2.24, 2.45) is 7.05 Å². The number of nitrogens with zero attached hydrogens (tertiary/aromatic N) is 3. The lowest BCUT2D eigenvalue weighted by atomic mass is 9.96. The van der Waals surface area contributed by atoms with Gasteiger partial charge < -0.3 is 10.1 Å². The third-order valence-electron chi connectivity index (χ3n) is 4.06. The van der Waals surface area contributed by atoms with Crippen LogP contribution in [0.15, 0.2) is 0 Å². The average Bonchev–Trinajstić information content (AvgIpc) is 2.62. The molecule has 1 aromatic rings. The Hall–Kier alpha value is -0.910. The van der Waals surface area contributed by atoms with Crippen LogP contribution < -0.4 is 5.32 Å². The van der Waals surface area contributed by atoms with Crippen LogP contribution in [0, 0.1) is 13.8 Å². The van der Waals surface area contributed by atoms with Gasteiger partial charge in [0.05, 0.1) is 24.4 Å². The van der Waals surface area contributed by atoms with Gasteiger partial charge in [-0.15, -0.1) is 0 Å². The van der Waals surface area contributed by atoms with Gasteiger partial charge in [-0.1, -0.05) is 6.92 Å². The number of rotatable bonds is 4. The lowest BCUT2D eigenvalue weighted by molar-refractivity contribution is -0.0615. The van der Waals surface area contributed by atoms with Crippen LogP contribution in [0.3, 0.4) is 0 Å². The Bertz CT molecular complexity index is 429. The first-order valence-electron chi connectivity index (χ1n) is 7.08. The Kier molecular flexibility index (Phi) is 4.60. The van der Waals surface area contributed by atoms with Gasteiger partial charge in [0, 0.05) is 31.4 Å². The summed E-state index contributed by atoms with van der Waals surface area (Å²) in [6.07, 6.45) is 0.195. The van der Waals surface area contributed by atoms with Gasteiger partial charge in [0.25, 0.3) is 0 Å². The number of likely N-dealkylation sites (N-methyl/N-ethyl adjacent to an activating group) is 2. The molecule has 0 spiro atoms. The molecule has 1 saturated heterocycles. The van der Waals surface area contributed by atoms with E-state index in [1.807, 2.05) is 11.7 Å². The number of nitrogens with one attached hydrogen (secondary N) is 1. The number of ether oxygens (including phenoxy) is 1. The summed E-state index contributed by atoms with van der Waals surface area (Å²) in [5, 5.41) is 7.95. The maximum Gasteiger partial charge on any atom is 0.0897 e. The molecule has 19 heavy (non-hydrogen) atoms. The molecule has 5 heteroatoms. The molecular weight excluding hydrogens is 240 g/mol. The Labute approximate surface area is 115 Å². The summed E-state index contributed by atoms with van der Waals surface area (Å²) in [4.78, 5) is 2.39. The lowest BCUT2D eigenvalue weighted by Gasteiger charge is -2.39. The minimum atomic E-state index is 0.195. The van der Waals surface area contributed by atoms with Crippen LogP contribution in [0.25, 0.3) is 0 Å². The third kappa shape index (κ3) is 2.83. The van der Waals surface area contributed by atoms with Gasteiger partial charge in [0.1, 0.15) is 0 Å². The summed E-state index contributed by atoms with van der Waals surface area (Å²) >= 11 is 0. The molecule has 1 aliphatic heterocycles. The van der Waals surface area contributed by atoms with Crippen LogP contribution in [0.1, 0.15) is 29.9 Å². The molecule has 1 aromatic heterocycles. The van der Waals surface area contributed by atoms with E-state index in [0.29, 0.717) is 6.04 Å². The highest BCUT2D eigenvalue weighted by atomic mass is 16.5. The van der Waals surface area contributed by atoms with Crippen molar-refractivity contribution < 1.29 is 4.74 Å². The second-order valence-electron chi connectivity index (χ2n) is 5.35. The van der Waals surface area contributed by atoms with Crippen molar-refractivity contribution in [2.75, 3.05) is 33.3 Å². The molecule has 2 atom stereocenters. The SMILES string of the molecule is CCNCC1OCCN(C)C1c1c(C)nn(C)c1C. The normalized spacial score (nSPS) is 24.9. The van der Waals surface area contributed by atoms with Crippen LogP contribution >= 0.6 is 0 Å². The second kappa shape index (κ2) is 6.03. The van der Waals surface area contributed by atoms with Crippen molar-refractivity contribution >= 4 is 0 Å². The molecule has 0 saturated carbocycles. The molecule has 2 heterocycles. The topological polar surface area (TPSA) is 42.3 Å². The highest BCUT2D eigenvalue weighted by molar-refractivity contribution is 5.29. The molecule has 2 unspecified atom stereocenters. The van der Waals surface area contributed by atoms with Crippen LogP contribution in [0.4, 0.5) is 0 Å². The Morgan fingerprint density at radius 1 is 1.37 bits per heavy atom. The van der Waals surface area contributed by atoms with Crippen molar-refractivity contribution in [2.45, 2.75) is 32.9 Å². The fourth-order valence-corrected chi connectivity index (χ4v) is 2.94. The summed E-state index contributed by atoms with van der Waals surface area (Å²) in [7, 11) is 4.19. The zero-order valence-electron chi connectivity index (χ0n) is 12.7. The van der Waals surface area contributed by atoms with Crippen molar-refractivity contribution in [1.82, 2.24) is 20.0 Å². The summed E-state index contributed by atoms with van der Waals surface area (Å²) in [5.74, 6) is 0. The average molecular weight is 266 g/mol. The fraction of sp³-hybridized carbons (Fsp3) is 0.786. The maximum atomic E-state index is 6.00. The molecule has 0 aromatic carbocycles. The molecule has 5 nitrogen and oxygen atoms in total. The van der Waals surface area contributed by atoms with Crippen LogP contribution in [0.2, 0.25) is 0 Å². The molecular formula is C14H26N4O. The zero-order valence-corrected chi connectivity index (χ0v) is 12.7. The molecule has 1 aliphatic rings. The predicted molar refractivity (Wildman–Crippen MR) is 76.3 cm³/mol. The monoisotopic (exact) mass is 266 g/mol. The number of aromatic nitrogens is 2. The van der Waals surface area contributed by atoms with Gasteiger partial charge in [-0.3, -0.25) is 9.58 Å². The molecule has 1 fully saturated rings. The van der Waals surface area contributed by atoms with E-state index in [0.717, 1.165) is 31.9 Å². The van der Waals surface area contributed by atoms with Gasteiger partial charge in [-0.2, -0.15) is 5.10 Å². The van der Waals surface area contributed by atoms with E-state index in [2.05, 4.69) is 43.1 Å². The number of aryl methyl sites for hydroxylation is 2. The van der Waals surface area contributed by atoms with E-state index >= 15 is 0 Å². The first kappa shape index (κ1) is 14.5. The van der Waals surface area contributed by atoms with E-state index in [1.165, 1.54) is 11.3 Å². The van der Waals surface area contributed by atoms with Gasteiger partial charge in [-0.05, 0) is 27.4 Å². The standard InChI is InChI=1S/C14H26N4O/c1-6-15-9-12-14(17(4)7-8-19-12)13-10(2)16-18(5)11(13)3/h12,14-15H,6-9H2,1-5H3. The summed E-state index contributed by atoms with van der Waals surface area (Å²) in [6, 6.07) is 0.293. The van der Waals surface area contributed by atoms with Crippen molar-refractivity contribution in [3.8, 4) is 0 Å². The summed E-state index contributed by atoms with van der Waals surface area (Å²) in [5.41, 5.74) is 3.68. The molecule has 0 radical (unpaired) electrons. The van der Waals surface area contributed by atoms with E-state index < -0.39 is 0 Å². The second-order valence-corrected chi connectivity index (χ2v) is 5.35. The predicted octanol–water partition coefficient (Wildman–Crippen LogP) is 1.02. The number of hydrogen-bond acceptors (Lipinski definition) is 4. The van der Waals surface area contributed by atoms with E-state index in [4.69, 9.17) is 4.74 Å². The van der Waals surface area contributed by atoms with Crippen LogP contribution in [-0.2, 0) is 11.8 Å². The van der Waals surface area contributed by atoms with Crippen molar-refractivity contribution in [3.63, 3.8) is 0 Å². The molecule has 2 rings (SSSR count). The smallest absolute Gasteiger partial charge is 0.0897 e. The summed E-state index contributed by atoms with van der Waals surface area (Å²) in [6.45, 7) is 10.0. The minimum Gasteiger partial charge on any atom is -0.374 e. The Balaban J connectivity index is 2.30. The van der Waals surface area contributed by atoms with E-state index in [-0.39, 0.29) is 6.10 Å². The van der Waals surface area contributed by atoms with Crippen molar-refractivity contribution in [1.29, 1.82) is 0 Å². The van der Waals surface area contributed by atoms with E-state index in [9.17, 15) is 0 Å².